The van der Waals surface area contributed by atoms with Crippen molar-refractivity contribution in [2.75, 3.05) is 33.0 Å². The molecule has 1 saturated heterocycles. The lowest BCUT2D eigenvalue weighted by molar-refractivity contribution is -0.173. The van der Waals surface area contributed by atoms with Crippen LogP contribution in [0.15, 0.2) is 0 Å². The second kappa shape index (κ2) is 6.41. The van der Waals surface area contributed by atoms with E-state index in [4.69, 9.17) is 4.74 Å². The van der Waals surface area contributed by atoms with Crippen LogP contribution in [0.4, 0.5) is 13.2 Å². The Balaban J connectivity index is 1.67. The van der Waals surface area contributed by atoms with E-state index < -0.39 is 12.8 Å². The number of nitrogens with one attached hydrogen (secondary N) is 1. The van der Waals surface area contributed by atoms with Crippen LogP contribution in [0.25, 0.3) is 0 Å². The van der Waals surface area contributed by atoms with E-state index in [1.165, 1.54) is 12.8 Å². The van der Waals surface area contributed by atoms with Gasteiger partial charge < -0.3 is 14.8 Å². The Bertz CT molecular complexity index is 278. The Morgan fingerprint density at radius 1 is 1.21 bits per heavy atom. The summed E-state index contributed by atoms with van der Waals surface area (Å²) in [6, 6.07) is 0.408. The maximum atomic E-state index is 11.9. The molecule has 1 atom stereocenters. The number of halogens is 3. The Morgan fingerprint density at radius 2 is 1.95 bits per heavy atom. The highest BCUT2D eigenvalue weighted by Crippen LogP contribution is 2.45. The van der Waals surface area contributed by atoms with Crippen LogP contribution in [-0.4, -0.2) is 45.2 Å². The van der Waals surface area contributed by atoms with E-state index in [-0.39, 0.29) is 6.61 Å². The third-order valence-electron chi connectivity index (χ3n) is 4.30. The molecule has 1 aliphatic heterocycles. The zero-order chi connectivity index (χ0) is 13.8. The quantitative estimate of drug-likeness (QED) is 0.785. The zero-order valence-electron chi connectivity index (χ0n) is 11.1. The van der Waals surface area contributed by atoms with Gasteiger partial charge in [0.25, 0.3) is 0 Å². The molecule has 0 bridgehead atoms. The van der Waals surface area contributed by atoms with E-state index in [9.17, 15) is 13.2 Å². The first-order chi connectivity index (χ1) is 9.02. The number of hydrogen-bond donors (Lipinski definition) is 1. The standard InChI is InChI=1S/C13H22F3NO2/c14-13(15,16)10-19-9-6-17-11-2-1-3-12(11)4-7-18-8-5-12/h11,17H,1-10H2/t11-/m0/s1. The average Bonchev–Trinajstić information content (AvgIpc) is 2.71. The molecule has 2 fully saturated rings. The summed E-state index contributed by atoms with van der Waals surface area (Å²) in [5.41, 5.74) is 0.308. The molecule has 2 rings (SSSR count). The Morgan fingerprint density at radius 3 is 2.63 bits per heavy atom. The SMILES string of the molecule is FC(F)(F)COCCN[C@H]1CCCC12CCOCC2. The fourth-order valence-electron chi connectivity index (χ4n) is 3.33. The van der Waals surface area contributed by atoms with Crippen molar-refractivity contribution in [1.82, 2.24) is 5.32 Å². The van der Waals surface area contributed by atoms with Crippen molar-refractivity contribution in [3.05, 3.63) is 0 Å². The van der Waals surface area contributed by atoms with Gasteiger partial charge in [0.05, 0.1) is 6.61 Å². The largest absolute Gasteiger partial charge is 0.411 e. The van der Waals surface area contributed by atoms with Crippen LogP contribution in [0, 0.1) is 5.41 Å². The minimum Gasteiger partial charge on any atom is -0.381 e. The molecular weight excluding hydrogens is 259 g/mol. The highest BCUT2D eigenvalue weighted by Gasteiger charge is 2.43. The maximum absolute atomic E-state index is 11.9. The lowest BCUT2D eigenvalue weighted by atomic mass is 9.75. The maximum Gasteiger partial charge on any atom is 0.411 e. The van der Waals surface area contributed by atoms with Crippen molar-refractivity contribution in [3.8, 4) is 0 Å². The van der Waals surface area contributed by atoms with E-state index in [0.717, 1.165) is 32.5 Å². The average molecular weight is 281 g/mol. The van der Waals surface area contributed by atoms with Gasteiger partial charge in [-0.3, -0.25) is 0 Å². The Hall–Kier alpha value is -0.330. The lowest BCUT2D eigenvalue weighted by Gasteiger charge is -2.39. The summed E-state index contributed by atoms with van der Waals surface area (Å²) >= 11 is 0. The summed E-state index contributed by atoms with van der Waals surface area (Å²) in [5, 5.41) is 3.38. The predicted octanol–water partition coefficient (Wildman–Crippen LogP) is 2.50. The molecule has 1 spiro atoms. The van der Waals surface area contributed by atoms with Crippen LogP contribution in [0.2, 0.25) is 0 Å². The molecule has 2 aliphatic rings. The first-order valence-corrected chi connectivity index (χ1v) is 6.98. The Kier molecular flexibility index (Phi) is 5.09. The molecule has 0 aromatic heterocycles. The minimum atomic E-state index is -4.23. The smallest absolute Gasteiger partial charge is 0.381 e. The molecule has 0 aromatic carbocycles. The number of hydrogen-bond acceptors (Lipinski definition) is 3. The third-order valence-corrected chi connectivity index (χ3v) is 4.30. The first-order valence-electron chi connectivity index (χ1n) is 6.98. The van der Waals surface area contributed by atoms with Crippen molar-refractivity contribution in [3.63, 3.8) is 0 Å². The molecule has 0 aromatic rings. The second-order valence-electron chi connectivity index (χ2n) is 5.54. The normalized spacial score (nSPS) is 27.0. The van der Waals surface area contributed by atoms with Crippen LogP contribution < -0.4 is 5.32 Å². The van der Waals surface area contributed by atoms with Gasteiger partial charge in [-0.1, -0.05) is 6.42 Å². The van der Waals surface area contributed by atoms with Gasteiger partial charge in [-0.25, -0.2) is 0 Å². The van der Waals surface area contributed by atoms with Crippen molar-refractivity contribution in [2.24, 2.45) is 5.41 Å². The molecule has 3 nitrogen and oxygen atoms in total. The minimum absolute atomic E-state index is 0.114. The van der Waals surface area contributed by atoms with Gasteiger partial charge >= 0.3 is 6.18 Å². The van der Waals surface area contributed by atoms with E-state index >= 15 is 0 Å². The Labute approximate surface area is 111 Å². The molecule has 1 saturated carbocycles. The zero-order valence-corrected chi connectivity index (χ0v) is 11.1. The van der Waals surface area contributed by atoms with E-state index in [2.05, 4.69) is 10.1 Å². The van der Waals surface area contributed by atoms with Gasteiger partial charge in [0, 0.05) is 25.8 Å². The van der Waals surface area contributed by atoms with Crippen LogP contribution >= 0.6 is 0 Å². The van der Waals surface area contributed by atoms with E-state index in [0.29, 0.717) is 18.0 Å². The summed E-state index contributed by atoms with van der Waals surface area (Å²) in [7, 11) is 0. The molecule has 112 valence electrons. The molecule has 1 N–H and O–H groups in total. The summed E-state index contributed by atoms with van der Waals surface area (Å²) in [6.07, 6.45) is 1.41. The van der Waals surface area contributed by atoms with Gasteiger partial charge in [0.2, 0.25) is 0 Å². The van der Waals surface area contributed by atoms with Gasteiger partial charge in [0.1, 0.15) is 6.61 Å². The number of rotatable bonds is 5. The van der Waals surface area contributed by atoms with Crippen molar-refractivity contribution in [2.45, 2.75) is 44.3 Å². The molecule has 6 heteroatoms. The fraction of sp³-hybridized carbons (Fsp3) is 1.00. The highest BCUT2D eigenvalue weighted by atomic mass is 19.4. The molecular formula is C13H22F3NO2. The van der Waals surface area contributed by atoms with Crippen LogP contribution in [0.3, 0.4) is 0 Å². The van der Waals surface area contributed by atoms with Crippen molar-refractivity contribution >= 4 is 0 Å². The van der Waals surface area contributed by atoms with Crippen molar-refractivity contribution in [1.29, 1.82) is 0 Å². The van der Waals surface area contributed by atoms with Gasteiger partial charge in [-0.15, -0.1) is 0 Å². The van der Waals surface area contributed by atoms with Crippen molar-refractivity contribution < 1.29 is 22.6 Å². The van der Waals surface area contributed by atoms with Crippen LogP contribution in [0.1, 0.15) is 32.1 Å². The number of ether oxygens (including phenoxy) is 2. The molecule has 0 radical (unpaired) electrons. The molecule has 1 heterocycles. The summed E-state index contributed by atoms with van der Waals surface area (Å²) < 4.78 is 45.8. The molecule has 0 amide bonds. The van der Waals surface area contributed by atoms with Crippen LogP contribution in [0.5, 0.6) is 0 Å². The topological polar surface area (TPSA) is 30.5 Å². The van der Waals surface area contributed by atoms with Gasteiger partial charge in [-0.05, 0) is 31.1 Å². The summed E-state index contributed by atoms with van der Waals surface area (Å²) in [6.45, 7) is 1.07. The highest BCUT2D eigenvalue weighted by molar-refractivity contribution is 4.97. The predicted molar refractivity (Wildman–Crippen MR) is 65.0 cm³/mol. The fourth-order valence-corrected chi connectivity index (χ4v) is 3.33. The summed E-state index contributed by atoms with van der Waals surface area (Å²) in [5.74, 6) is 0. The molecule has 0 unspecified atom stereocenters. The van der Waals surface area contributed by atoms with Gasteiger partial charge in [0.15, 0.2) is 0 Å². The van der Waals surface area contributed by atoms with Crippen LogP contribution in [-0.2, 0) is 9.47 Å². The van der Waals surface area contributed by atoms with E-state index in [1.54, 1.807) is 0 Å². The monoisotopic (exact) mass is 281 g/mol. The van der Waals surface area contributed by atoms with Gasteiger partial charge in [-0.2, -0.15) is 13.2 Å². The lowest BCUT2D eigenvalue weighted by Crippen LogP contribution is -2.45. The first kappa shape index (κ1) is 15.1. The van der Waals surface area contributed by atoms with E-state index in [1.807, 2.05) is 0 Å². The second-order valence-corrected chi connectivity index (χ2v) is 5.54. The molecule has 19 heavy (non-hydrogen) atoms. The summed E-state index contributed by atoms with van der Waals surface area (Å²) in [4.78, 5) is 0. The number of alkyl halides is 3. The molecule has 1 aliphatic carbocycles. The third kappa shape index (κ3) is 4.33.